The second-order valence-electron chi connectivity index (χ2n) is 5.17. The van der Waals surface area contributed by atoms with Crippen molar-refractivity contribution < 1.29 is 4.74 Å². The van der Waals surface area contributed by atoms with Crippen LogP contribution in [0.15, 0.2) is 24.5 Å². The Balaban J connectivity index is 2.29. The lowest BCUT2D eigenvalue weighted by molar-refractivity contribution is 0.463. The molecule has 1 aromatic heterocycles. The van der Waals surface area contributed by atoms with Crippen molar-refractivity contribution in [2.24, 2.45) is 0 Å². The number of rotatable bonds is 4. The molecule has 0 aliphatic carbocycles. The molecule has 2 aromatic rings. The average molecular weight is 272 g/mol. The number of aromatic nitrogens is 2. The minimum absolute atomic E-state index is 0.237. The van der Waals surface area contributed by atoms with E-state index in [0.29, 0.717) is 17.4 Å². The van der Waals surface area contributed by atoms with Crippen LogP contribution in [0.3, 0.4) is 0 Å². The first-order valence-corrected chi connectivity index (χ1v) is 6.59. The molecule has 20 heavy (non-hydrogen) atoms. The Morgan fingerprint density at radius 2 is 1.75 bits per heavy atom. The van der Waals surface area contributed by atoms with E-state index in [2.05, 4.69) is 21.4 Å². The minimum Gasteiger partial charge on any atom is -0.437 e. The lowest BCUT2D eigenvalue weighted by atomic mass is 10.1. The van der Waals surface area contributed by atoms with Crippen molar-refractivity contribution >= 4 is 11.5 Å². The molecule has 0 fully saturated rings. The molecule has 106 valence electrons. The molecule has 0 saturated heterocycles. The highest BCUT2D eigenvalue weighted by Gasteiger charge is 2.11. The summed E-state index contributed by atoms with van der Waals surface area (Å²) in [5, 5.41) is 3.17. The van der Waals surface area contributed by atoms with Gasteiger partial charge in [-0.1, -0.05) is 6.07 Å². The topological polar surface area (TPSA) is 73.1 Å². The molecule has 1 aromatic carbocycles. The monoisotopic (exact) mass is 272 g/mol. The fourth-order valence-corrected chi connectivity index (χ4v) is 1.95. The summed E-state index contributed by atoms with van der Waals surface area (Å²) in [5.74, 6) is 1.69. The van der Waals surface area contributed by atoms with Crippen molar-refractivity contribution in [1.82, 2.24) is 9.97 Å². The third-order valence-electron chi connectivity index (χ3n) is 2.68. The van der Waals surface area contributed by atoms with E-state index in [1.54, 1.807) is 0 Å². The minimum atomic E-state index is 0.237. The molecule has 0 atom stereocenters. The average Bonchev–Trinajstić information content (AvgIpc) is 2.32. The highest BCUT2D eigenvalue weighted by atomic mass is 16.5. The molecule has 0 aliphatic heterocycles. The first-order valence-electron chi connectivity index (χ1n) is 6.59. The quantitative estimate of drug-likeness (QED) is 0.893. The van der Waals surface area contributed by atoms with Gasteiger partial charge in [-0.3, -0.25) is 0 Å². The molecule has 1 heterocycles. The fourth-order valence-electron chi connectivity index (χ4n) is 1.95. The Labute approximate surface area is 119 Å². The molecule has 0 aliphatic rings. The van der Waals surface area contributed by atoms with Gasteiger partial charge >= 0.3 is 0 Å². The van der Waals surface area contributed by atoms with Gasteiger partial charge < -0.3 is 15.8 Å². The molecule has 0 unspecified atom stereocenters. The summed E-state index contributed by atoms with van der Waals surface area (Å²) in [6.45, 7) is 8.09. The Bertz CT molecular complexity index is 591. The van der Waals surface area contributed by atoms with E-state index < -0.39 is 0 Å². The summed E-state index contributed by atoms with van der Waals surface area (Å²) in [6.07, 6.45) is 1.44. The largest absolute Gasteiger partial charge is 0.437 e. The van der Waals surface area contributed by atoms with Crippen LogP contribution in [-0.4, -0.2) is 16.0 Å². The second kappa shape index (κ2) is 5.77. The van der Waals surface area contributed by atoms with Gasteiger partial charge in [-0.15, -0.1) is 0 Å². The predicted octanol–water partition coefficient (Wildman–Crippen LogP) is 3.29. The summed E-state index contributed by atoms with van der Waals surface area (Å²) >= 11 is 0. The number of nitrogens with two attached hydrogens (primary N) is 1. The molecule has 3 N–H and O–H groups in total. The number of hydrogen-bond donors (Lipinski definition) is 2. The molecular weight excluding hydrogens is 252 g/mol. The first kappa shape index (κ1) is 14.1. The van der Waals surface area contributed by atoms with E-state index in [1.807, 2.05) is 39.8 Å². The highest BCUT2D eigenvalue weighted by molar-refractivity contribution is 5.67. The maximum absolute atomic E-state index is 6.04. The van der Waals surface area contributed by atoms with Crippen LogP contribution in [-0.2, 0) is 0 Å². The van der Waals surface area contributed by atoms with E-state index in [9.17, 15) is 0 Å². The lowest BCUT2D eigenvalue weighted by Gasteiger charge is -2.14. The number of nitrogen functional groups attached to an aromatic ring is 1. The van der Waals surface area contributed by atoms with Gasteiger partial charge in [-0.05, 0) is 51.0 Å². The second-order valence-corrected chi connectivity index (χ2v) is 5.17. The Hall–Kier alpha value is -2.30. The van der Waals surface area contributed by atoms with E-state index in [4.69, 9.17) is 10.5 Å². The zero-order valence-electron chi connectivity index (χ0n) is 12.3. The van der Waals surface area contributed by atoms with E-state index >= 15 is 0 Å². The number of aryl methyl sites for hydroxylation is 2. The normalized spacial score (nSPS) is 10.7. The van der Waals surface area contributed by atoms with Gasteiger partial charge in [0.2, 0.25) is 5.88 Å². The Morgan fingerprint density at radius 1 is 1.10 bits per heavy atom. The van der Waals surface area contributed by atoms with Crippen LogP contribution in [0.5, 0.6) is 11.6 Å². The summed E-state index contributed by atoms with van der Waals surface area (Å²) in [7, 11) is 0. The van der Waals surface area contributed by atoms with Crippen LogP contribution >= 0.6 is 0 Å². The van der Waals surface area contributed by atoms with Crippen LogP contribution in [0.25, 0.3) is 0 Å². The zero-order chi connectivity index (χ0) is 14.7. The third-order valence-corrected chi connectivity index (χ3v) is 2.68. The number of benzene rings is 1. The van der Waals surface area contributed by atoms with Crippen LogP contribution in [0.4, 0.5) is 11.5 Å². The van der Waals surface area contributed by atoms with Gasteiger partial charge in [0.1, 0.15) is 17.8 Å². The van der Waals surface area contributed by atoms with Crippen molar-refractivity contribution in [3.8, 4) is 11.6 Å². The summed E-state index contributed by atoms with van der Waals surface area (Å²) in [6, 6.07) is 6.22. The molecule has 0 radical (unpaired) electrons. The van der Waals surface area contributed by atoms with Crippen molar-refractivity contribution in [3.63, 3.8) is 0 Å². The summed E-state index contributed by atoms with van der Waals surface area (Å²) < 4.78 is 5.78. The van der Waals surface area contributed by atoms with Crippen LogP contribution < -0.4 is 15.8 Å². The van der Waals surface area contributed by atoms with Crippen LogP contribution in [0.1, 0.15) is 25.0 Å². The predicted molar refractivity (Wildman–Crippen MR) is 81.2 cm³/mol. The van der Waals surface area contributed by atoms with Crippen LogP contribution in [0.2, 0.25) is 0 Å². The van der Waals surface area contributed by atoms with E-state index in [-0.39, 0.29) is 6.04 Å². The maximum Gasteiger partial charge on any atom is 0.248 e. The van der Waals surface area contributed by atoms with E-state index in [1.165, 1.54) is 6.33 Å². The standard InChI is InChI=1S/C15H20N4O/c1-9(2)19-14-13(16)15(18-8-17-14)20-12-6-10(3)5-11(4)7-12/h5-9H,16H2,1-4H3,(H,17,18,19). The van der Waals surface area contributed by atoms with Crippen molar-refractivity contribution in [2.75, 3.05) is 11.1 Å². The number of nitrogens with one attached hydrogen (secondary N) is 1. The van der Waals surface area contributed by atoms with Gasteiger partial charge in [0.05, 0.1) is 0 Å². The summed E-state index contributed by atoms with van der Waals surface area (Å²) in [4.78, 5) is 8.23. The van der Waals surface area contributed by atoms with Crippen LogP contribution in [0, 0.1) is 13.8 Å². The SMILES string of the molecule is Cc1cc(C)cc(Oc2ncnc(NC(C)C)c2N)c1. The molecule has 5 heteroatoms. The fraction of sp³-hybridized carbons (Fsp3) is 0.333. The Morgan fingerprint density at radius 3 is 2.35 bits per heavy atom. The van der Waals surface area contributed by atoms with Gasteiger partial charge in [-0.2, -0.15) is 4.98 Å². The Kier molecular flexibility index (Phi) is 4.08. The van der Waals surface area contributed by atoms with E-state index in [0.717, 1.165) is 16.9 Å². The molecule has 5 nitrogen and oxygen atoms in total. The van der Waals surface area contributed by atoms with Gasteiger partial charge in [-0.25, -0.2) is 4.98 Å². The summed E-state index contributed by atoms with van der Waals surface area (Å²) in [5.41, 5.74) is 8.73. The molecule has 0 saturated carbocycles. The maximum atomic E-state index is 6.04. The third kappa shape index (κ3) is 3.38. The van der Waals surface area contributed by atoms with Gasteiger partial charge in [0.15, 0.2) is 5.82 Å². The van der Waals surface area contributed by atoms with Gasteiger partial charge in [0, 0.05) is 6.04 Å². The van der Waals surface area contributed by atoms with Crippen molar-refractivity contribution in [2.45, 2.75) is 33.7 Å². The number of anilines is 2. The molecule has 0 amide bonds. The van der Waals surface area contributed by atoms with Crippen molar-refractivity contribution in [3.05, 3.63) is 35.7 Å². The number of ether oxygens (including phenoxy) is 1. The smallest absolute Gasteiger partial charge is 0.248 e. The highest BCUT2D eigenvalue weighted by Crippen LogP contribution is 2.30. The van der Waals surface area contributed by atoms with Crippen molar-refractivity contribution in [1.29, 1.82) is 0 Å². The molecular formula is C15H20N4O. The molecule has 0 spiro atoms. The number of hydrogen-bond acceptors (Lipinski definition) is 5. The zero-order valence-corrected chi connectivity index (χ0v) is 12.3. The number of nitrogens with zero attached hydrogens (tertiary/aromatic N) is 2. The first-order chi connectivity index (χ1) is 9.45. The molecule has 0 bridgehead atoms. The lowest BCUT2D eigenvalue weighted by Crippen LogP contribution is -2.13. The molecule has 2 rings (SSSR count). The van der Waals surface area contributed by atoms with Gasteiger partial charge in [0.25, 0.3) is 0 Å².